The van der Waals surface area contributed by atoms with Crippen LogP contribution in [0, 0.1) is 5.82 Å². The van der Waals surface area contributed by atoms with Crippen molar-refractivity contribution in [3.05, 3.63) is 53.8 Å². The fourth-order valence-corrected chi connectivity index (χ4v) is 2.23. The lowest BCUT2D eigenvalue weighted by atomic mass is 10.1. The lowest BCUT2D eigenvalue weighted by Crippen LogP contribution is -2.14. The number of halogens is 1. The third-order valence-electron chi connectivity index (χ3n) is 3.31. The smallest absolute Gasteiger partial charge is 0.228 e. The summed E-state index contributed by atoms with van der Waals surface area (Å²) in [5.41, 5.74) is 1.41. The number of nitrogens with one attached hydrogen (secondary N) is 1. The summed E-state index contributed by atoms with van der Waals surface area (Å²) in [5.74, 6) is 0.847. The molecule has 22 heavy (non-hydrogen) atoms. The van der Waals surface area contributed by atoms with E-state index in [1.54, 1.807) is 30.3 Å². The van der Waals surface area contributed by atoms with Crippen LogP contribution in [0.2, 0.25) is 0 Å². The normalized spacial score (nSPS) is 13.3. The van der Waals surface area contributed by atoms with Crippen molar-refractivity contribution in [3.8, 4) is 11.5 Å². The molecule has 1 amide bonds. The summed E-state index contributed by atoms with van der Waals surface area (Å²) in [4.78, 5) is 12.0. The molecule has 0 saturated carbocycles. The van der Waals surface area contributed by atoms with Crippen LogP contribution < -0.4 is 14.8 Å². The predicted molar refractivity (Wildman–Crippen MR) is 80.8 cm³/mol. The molecule has 0 saturated heterocycles. The molecule has 1 heterocycles. The monoisotopic (exact) mass is 301 g/mol. The third kappa shape index (κ3) is 3.55. The quantitative estimate of drug-likeness (QED) is 0.947. The Labute approximate surface area is 127 Å². The lowest BCUT2D eigenvalue weighted by molar-refractivity contribution is -0.115. The number of amides is 1. The van der Waals surface area contributed by atoms with Crippen molar-refractivity contribution in [1.29, 1.82) is 0 Å². The maximum Gasteiger partial charge on any atom is 0.228 e. The summed E-state index contributed by atoms with van der Waals surface area (Å²) in [6.07, 6.45) is 1.02. The SMILES string of the molecule is O=C(Cc1ccc(F)cc1)Nc1ccc2c(c1)OCCCO2. The minimum Gasteiger partial charge on any atom is -0.490 e. The predicted octanol–water partition coefficient (Wildman–Crippen LogP) is 3.17. The van der Waals surface area contributed by atoms with Crippen molar-refractivity contribution in [2.75, 3.05) is 18.5 Å². The molecule has 0 spiro atoms. The Hall–Kier alpha value is -2.56. The number of hydrogen-bond acceptors (Lipinski definition) is 3. The van der Waals surface area contributed by atoms with Gasteiger partial charge in [-0.3, -0.25) is 4.79 Å². The molecule has 3 rings (SSSR count). The minimum atomic E-state index is -0.313. The number of hydrogen-bond donors (Lipinski definition) is 1. The Balaban J connectivity index is 1.66. The van der Waals surface area contributed by atoms with Gasteiger partial charge >= 0.3 is 0 Å². The van der Waals surface area contributed by atoms with Crippen molar-refractivity contribution in [2.24, 2.45) is 0 Å². The highest BCUT2D eigenvalue weighted by molar-refractivity contribution is 5.92. The standard InChI is InChI=1S/C17H16FNO3/c18-13-4-2-12(3-5-13)10-17(20)19-14-6-7-15-16(11-14)22-9-1-8-21-15/h2-7,11H,1,8-10H2,(H,19,20). The number of ether oxygens (including phenoxy) is 2. The topological polar surface area (TPSA) is 47.6 Å². The van der Waals surface area contributed by atoms with Gasteiger partial charge in [-0.05, 0) is 29.8 Å². The molecule has 0 aliphatic carbocycles. The average Bonchev–Trinajstić information content (AvgIpc) is 2.74. The van der Waals surface area contributed by atoms with Crippen LogP contribution in [0.15, 0.2) is 42.5 Å². The second-order valence-corrected chi connectivity index (χ2v) is 5.06. The molecule has 0 radical (unpaired) electrons. The van der Waals surface area contributed by atoms with Crippen LogP contribution in [0.3, 0.4) is 0 Å². The molecule has 1 aliphatic heterocycles. The van der Waals surface area contributed by atoms with E-state index in [0.717, 1.165) is 12.0 Å². The van der Waals surface area contributed by atoms with E-state index in [-0.39, 0.29) is 18.1 Å². The van der Waals surface area contributed by atoms with Gasteiger partial charge in [-0.15, -0.1) is 0 Å². The van der Waals surface area contributed by atoms with Crippen LogP contribution in [0.25, 0.3) is 0 Å². The zero-order valence-electron chi connectivity index (χ0n) is 12.0. The lowest BCUT2D eigenvalue weighted by Gasteiger charge is -2.10. The zero-order valence-corrected chi connectivity index (χ0v) is 12.0. The largest absolute Gasteiger partial charge is 0.490 e. The Kier molecular flexibility index (Phi) is 4.23. The van der Waals surface area contributed by atoms with Crippen molar-refractivity contribution < 1.29 is 18.7 Å². The van der Waals surface area contributed by atoms with E-state index in [9.17, 15) is 9.18 Å². The highest BCUT2D eigenvalue weighted by Gasteiger charge is 2.12. The van der Waals surface area contributed by atoms with Crippen molar-refractivity contribution in [3.63, 3.8) is 0 Å². The zero-order chi connectivity index (χ0) is 15.4. The van der Waals surface area contributed by atoms with Crippen molar-refractivity contribution in [2.45, 2.75) is 12.8 Å². The Morgan fingerprint density at radius 2 is 1.77 bits per heavy atom. The van der Waals surface area contributed by atoms with Crippen LogP contribution >= 0.6 is 0 Å². The number of rotatable bonds is 3. The maximum absolute atomic E-state index is 12.8. The average molecular weight is 301 g/mol. The first-order valence-electron chi connectivity index (χ1n) is 7.15. The second kappa shape index (κ2) is 6.47. The molecule has 1 N–H and O–H groups in total. The fourth-order valence-electron chi connectivity index (χ4n) is 2.23. The first kappa shape index (κ1) is 14.4. The molecule has 2 aromatic carbocycles. The summed E-state index contributed by atoms with van der Waals surface area (Å²) in [5, 5.41) is 2.81. The molecule has 1 aliphatic rings. The minimum absolute atomic E-state index is 0.166. The van der Waals surface area contributed by atoms with Gasteiger partial charge in [0.15, 0.2) is 11.5 Å². The molecule has 0 bridgehead atoms. The third-order valence-corrected chi connectivity index (χ3v) is 3.31. The van der Waals surface area contributed by atoms with Crippen molar-refractivity contribution >= 4 is 11.6 Å². The van der Waals surface area contributed by atoms with Gasteiger partial charge in [0.25, 0.3) is 0 Å². The van der Waals surface area contributed by atoms with Gasteiger partial charge in [-0.2, -0.15) is 0 Å². The number of carbonyl (C=O) groups is 1. The first-order valence-corrected chi connectivity index (χ1v) is 7.15. The van der Waals surface area contributed by atoms with E-state index in [1.165, 1.54) is 12.1 Å². The van der Waals surface area contributed by atoms with E-state index < -0.39 is 0 Å². The van der Waals surface area contributed by atoms with E-state index in [2.05, 4.69) is 5.32 Å². The Morgan fingerprint density at radius 1 is 1.05 bits per heavy atom. The molecular formula is C17H16FNO3. The van der Waals surface area contributed by atoms with Gasteiger partial charge in [0.05, 0.1) is 19.6 Å². The first-order chi connectivity index (χ1) is 10.7. The summed E-state index contributed by atoms with van der Waals surface area (Å²) in [6.45, 7) is 1.23. The molecule has 0 unspecified atom stereocenters. The molecule has 0 fully saturated rings. The highest BCUT2D eigenvalue weighted by atomic mass is 19.1. The number of anilines is 1. The van der Waals surface area contributed by atoms with E-state index in [4.69, 9.17) is 9.47 Å². The number of benzene rings is 2. The number of carbonyl (C=O) groups excluding carboxylic acids is 1. The van der Waals surface area contributed by atoms with Gasteiger partial charge in [0.2, 0.25) is 5.91 Å². The summed E-state index contributed by atoms with van der Waals surface area (Å²) < 4.78 is 24.0. The van der Waals surface area contributed by atoms with Crippen molar-refractivity contribution in [1.82, 2.24) is 0 Å². The second-order valence-electron chi connectivity index (χ2n) is 5.06. The Bertz CT molecular complexity index is 670. The fraction of sp³-hybridized carbons (Fsp3) is 0.235. The molecule has 5 heteroatoms. The van der Waals surface area contributed by atoms with Gasteiger partial charge in [-0.1, -0.05) is 12.1 Å². The molecule has 2 aromatic rings. The van der Waals surface area contributed by atoms with Gasteiger partial charge in [0, 0.05) is 18.2 Å². The summed E-state index contributed by atoms with van der Waals surface area (Å²) in [7, 11) is 0. The highest BCUT2D eigenvalue weighted by Crippen LogP contribution is 2.32. The number of fused-ring (bicyclic) bond motifs is 1. The molecule has 114 valence electrons. The molecule has 4 nitrogen and oxygen atoms in total. The van der Waals surface area contributed by atoms with Crippen LogP contribution in [0.1, 0.15) is 12.0 Å². The van der Waals surface area contributed by atoms with Crippen LogP contribution in [0.4, 0.5) is 10.1 Å². The summed E-state index contributed by atoms with van der Waals surface area (Å²) in [6, 6.07) is 11.2. The van der Waals surface area contributed by atoms with E-state index >= 15 is 0 Å². The van der Waals surface area contributed by atoms with Crippen LogP contribution in [-0.4, -0.2) is 19.1 Å². The van der Waals surface area contributed by atoms with Gasteiger partial charge in [-0.25, -0.2) is 4.39 Å². The van der Waals surface area contributed by atoms with Crippen LogP contribution in [-0.2, 0) is 11.2 Å². The van der Waals surface area contributed by atoms with E-state index in [1.807, 2.05) is 0 Å². The molecule has 0 atom stereocenters. The molecule has 0 aromatic heterocycles. The van der Waals surface area contributed by atoms with E-state index in [0.29, 0.717) is 30.4 Å². The maximum atomic E-state index is 12.8. The van der Waals surface area contributed by atoms with Gasteiger partial charge < -0.3 is 14.8 Å². The molecular weight excluding hydrogens is 285 g/mol. The van der Waals surface area contributed by atoms with Gasteiger partial charge in [0.1, 0.15) is 5.82 Å². The Morgan fingerprint density at radius 3 is 2.55 bits per heavy atom. The summed E-state index contributed by atoms with van der Waals surface area (Å²) >= 11 is 0. The van der Waals surface area contributed by atoms with Crippen LogP contribution in [0.5, 0.6) is 11.5 Å².